The highest BCUT2D eigenvalue weighted by molar-refractivity contribution is 5.80. The number of rotatable bonds is 5. The van der Waals surface area contributed by atoms with Crippen molar-refractivity contribution in [2.75, 3.05) is 31.6 Å². The number of pyridine rings is 1. The first-order valence-electron chi connectivity index (χ1n) is 10.4. The van der Waals surface area contributed by atoms with Gasteiger partial charge in [-0.1, -0.05) is 36.4 Å². The van der Waals surface area contributed by atoms with Crippen molar-refractivity contribution in [3.05, 3.63) is 59.8 Å². The molecule has 0 bridgehead atoms. The van der Waals surface area contributed by atoms with Gasteiger partial charge in [0, 0.05) is 38.9 Å². The van der Waals surface area contributed by atoms with Crippen molar-refractivity contribution in [1.82, 2.24) is 15.6 Å². The zero-order valence-electron chi connectivity index (χ0n) is 16.9. The summed E-state index contributed by atoms with van der Waals surface area (Å²) in [4.78, 5) is 11.4. The fourth-order valence-electron chi connectivity index (χ4n) is 4.10. The van der Waals surface area contributed by atoms with Crippen LogP contribution in [0.1, 0.15) is 36.3 Å². The lowest BCUT2D eigenvalue weighted by molar-refractivity contribution is 0.459. The molecule has 1 aromatic heterocycles. The second kappa shape index (κ2) is 8.63. The maximum absolute atomic E-state index is 4.56. The fourth-order valence-corrected chi connectivity index (χ4v) is 4.10. The van der Waals surface area contributed by atoms with Crippen molar-refractivity contribution in [2.24, 2.45) is 10.9 Å². The Morgan fingerprint density at radius 1 is 1.14 bits per heavy atom. The summed E-state index contributed by atoms with van der Waals surface area (Å²) >= 11 is 0. The molecule has 1 saturated heterocycles. The molecule has 28 heavy (non-hydrogen) atoms. The van der Waals surface area contributed by atoms with E-state index in [0.717, 1.165) is 50.2 Å². The predicted molar refractivity (Wildman–Crippen MR) is 116 cm³/mol. The van der Waals surface area contributed by atoms with Crippen molar-refractivity contribution in [3.63, 3.8) is 0 Å². The maximum Gasteiger partial charge on any atom is 0.191 e. The summed E-state index contributed by atoms with van der Waals surface area (Å²) in [5.41, 5.74) is 2.68. The predicted octanol–water partition coefficient (Wildman–Crippen LogP) is 3.33. The summed E-state index contributed by atoms with van der Waals surface area (Å²) in [6, 6.07) is 15.6. The van der Waals surface area contributed by atoms with Crippen LogP contribution in [0.2, 0.25) is 0 Å². The minimum atomic E-state index is 0.469. The van der Waals surface area contributed by atoms with Crippen LogP contribution in [0, 0.1) is 12.8 Å². The van der Waals surface area contributed by atoms with E-state index in [1.807, 2.05) is 13.2 Å². The third kappa shape index (κ3) is 4.64. The largest absolute Gasteiger partial charge is 0.356 e. The molecule has 2 atom stereocenters. The summed E-state index contributed by atoms with van der Waals surface area (Å²) < 4.78 is 0. The second-order valence-electron chi connectivity index (χ2n) is 8.07. The smallest absolute Gasteiger partial charge is 0.191 e. The summed E-state index contributed by atoms with van der Waals surface area (Å²) in [6.07, 6.45) is 5.43. The average Bonchev–Trinajstić information content (AvgIpc) is 3.53. The van der Waals surface area contributed by atoms with Crippen LogP contribution >= 0.6 is 0 Å². The van der Waals surface area contributed by atoms with Gasteiger partial charge in [-0.3, -0.25) is 4.99 Å². The number of guanidine groups is 1. The Balaban J connectivity index is 1.20. The van der Waals surface area contributed by atoms with E-state index in [-0.39, 0.29) is 0 Å². The van der Waals surface area contributed by atoms with E-state index in [0.29, 0.717) is 12.0 Å². The number of anilines is 1. The lowest BCUT2D eigenvalue weighted by Crippen LogP contribution is -2.49. The molecule has 4 rings (SSSR count). The lowest BCUT2D eigenvalue weighted by Gasteiger charge is -2.33. The first kappa shape index (κ1) is 18.8. The fraction of sp³-hybridized carbons (Fsp3) is 0.478. The molecule has 2 heterocycles. The van der Waals surface area contributed by atoms with Gasteiger partial charge in [-0.05, 0) is 55.2 Å². The van der Waals surface area contributed by atoms with Gasteiger partial charge in [0.15, 0.2) is 5.96 Å². The van der Waals surface area contributed by atoms with Crippen LogP contribution in [0.4, 0.5) is 5.82 Å². The van der Waals surface area contributed by atoms with Gasteiger partial charge < -0.3 is 15.5 Å². The molecular weight excluding hydrogens is 346 g/mol. The number of aryl methyl sites for hydroxylation is 1. The second-order valence-corrected chi connectivity index (χ2v) is 8.07. The van der Waals surface area contributed by atoms with Gasteiger partial charge in [0.1, 0.15) is 5.82 Å². The van der Waals surface area contributed by atoms with Crippen molar-refractivity contribution in [1.29, 1.82) is 0 Å². The molecule has 2 aromatic rings. The molecule has 0 amide bonds. The topological polar surface area (TPSA) is 52.6 Å². The van der Waals surface area contributed by atoms with E-state index in [2.05, 4.69) is 74.9 Å². The SMILES string of the molecule is CN=C(NCC1CC1c1ccccc1)NC1CCN(c2ccc(C)cn2)CC1. The van der Waals surface area contributed by atoms with E-state index in [4.69, 9.17) is 0 Å². The Morgan fingerprint density at radius 2 is 1.93 bits per heavy atom. The maximum atomic E-state index is 4.56. The standard InChI is InChI=1S/C23H31N5/c1-17-8-9-22(25-15-17)28-12-10-20(11-13-28)27-23(24-2)26-16-19-14-21(19)18-6-4-3-5-7-18/h3-9,15,19-21H,10-14,16H2,1-2H3,(H2,24,26,27). The lowest BCUT2D eigenvalue weighted by atomic mass is 10.1. The van der Waals surface area contributed by atoms with Gasteiger partial charge in [0.25, 0.3) is 0 Å². The van der Waals surface area contributed by atoms with E-state index in [9.17, 15) is 0 Å². The summed E-state index contributed by atoms with van der Waals surface area (Å²) in [7, 11) is 1.86. The normalized spacial score (nSPS) is 22.8. The van der Waals surface area contributed by atoms with Crippen LogP contribution in [0.25, 0.3) is 0 Å². The minimum absolute atomic E-state index is 0.469. The summed E-state index contributed by atoms with van der Waals surface area (Å²) in [5.74, 6) is 3.45. The number of aromatic nitrogens is 1. The third-order valence-corrected chi connectivity index (χ3v) is 5.96. The van der Waals surface area contributed by atoms with Crippen LogP contribution in [-0.4, -0.2) is 43.7 Å². The average molecular weight is 378 g/mol. The van der Waals surface area contributed by atoms with Crippen LogP contribution in [0.5, 0.6) is 0 Å². The molecule has 1 aliphatic heterocycles. The first-order valence-corrected chi connectivity index (χ1v) is 10.4. The zero-order valence-corrected chi connectivity index (χ0v) is 16.9. The Bertz CT molecular complexity index is 778. The molecule has 1 aromatic carbocycles. The monoisotopic (exact) mass is 377 g/mol. The Hall–Kier alpha value is -2.56. The Morgan fingerprint density at radius 3 is 2.61 bits per heavy atom. The van der Waals surface area contributed by atoms with Gasteiger partial charge in [-0.2, -0.15) is 0 Å². The molecule has 0 radical (unpaired) electrons. The van der Waals surface area contributed by atoms with Crippen LogP contribution in [0.15, 0.2) is 53.7 Å². The zero-order chi connectivity index (χ0) is 19.3. The van der Waals surface area contributed by atoms with E-state index >= 15 is 0 Å². The van der Waals surface area contributed by atoms with E-state index in [1.54, 1.807) is 0 Å². The number of nitrogens with zero attached hydrogens (tertiary/aromatic N) is 3. The summed E-state index contributed by atoms with van der Waals surface area (Å²) in [6.45, 7) is 5.13. The number of nitrogens with one attached hydrogen (secondary N) is 2. The van der Waals surface area contributed by atoms with Crippen molar-refractivity contribution < 1.29 is 0 Å². The molecule has 2 unspecified atom stereocenters. The summed E-state index contributed by atoms with van der Waals surface area (Å²) in [5, 5.41) is 7.16. The minimum Gasteiger partial charge on any atom is -0.356 e. The van der Waals surface area contributed by atoms with Gasteiger partial charge in [0.2, 0.25) is 0 Å². The van der Waals surface area contributed by atoms with Crippen LogP contribution in [0.3, 0.4) is 0 Å². The molecule has 2 aliphatic rings. The van der Waals surface area contributed by atoms with Gasteiger partial charge >= 0.3 is 0 Å². The van der Waals surface area contributed by atoms with E-state index < -0.39 is 0 Å². The number of aliphatic imine (C=N–C) groups is 1. The highest BCUT2D eigenvalue weighted by atomic mass is 15.2. The quantitative estimate of drug-likeness (QED) is 0.620. The molecule has 148 valence electrons. The van der Waals surface area contributed by atoms with Gasteiger partial charge in [0.05, 0.1) is 0 Å². The van der Waals surface area contributed by atoms with Crippen molar-refractivity contribution in [2.45, 2.75) is 38.1 Å². The molecular formula is C23H31N5. The highest BCUT2D eigenvalue weighted by Crippen LogP contribution is 2.46. The number of hydrogen-bond donors (Lipinski definition) is 2. The molecule has 5 nitrogen and oxygen atoms in total. The highest BCUT2D eigenvalue weighted by Gasteiger charge is 2.37. The molecule has 1 saturated carbocycles. The van der Waals surface area contributed by atoms with Crippen LogP contribution < -0.4 is 15.5 Å². The number of hydrogen-bond acceptors (Lipinski definition) is 3. The van der Waals surface area contributed by atoms with Gasteiger partial charge in [-0.25, -0.2) is 4.98 Å². The van der Waals surface area contributed by atoms with Crippen molar-refractivity contribution >= 4 is 11.8 Å². The third-order valence-electron chi connectivity index (χ3n) is 5.96. The molecule has 1 aliphatic carbocycles. The number of piperidine rings is 1. The molecule has 5 heteroatoms. The number of benzene rings is 1. The Kier molecular flexibility index (Phi) is 5.79. The van der Waals surface area contributed by atoms with Crippen LogP contribution in [-0.2, 0) is 0 Å². The molecule has 2 N–H and O–H groups in total. The first-order chi connectivity index (χ1) is 13.7. The molecule has 0 spiro atoms. The van der Waals surface area contributed by atoms with Crippen molar-refractivity contribution in [3.8, 4) is 0 Å². The molecule has 2 fully saturated rings. The van der Waals surface area contributed by atoms with E-state index in [1.165, 1.54) is 17.5 Å². The van der Waals surface area contributed by atoms with Gasteiger partial charge in [-0.15, -0.1) is 0 Å². The Labute approximate surface area is 168 Å².